The zero-order valence-corrected chi connectivity index (χ0v) is 17.6. The van der Waals surface area contributed by atoms with Gasteiger partial charge in [0.05, 0.1) is 20.9 Å². The number of ether oxygens (including phenoxy) is 2. The first-order valence-electron chi connectivity index (χ1n) is 9.19. The maximum atomic E-state index is 5.67. The average molecular weight is 399 g/mol. The second kappa shape index (κ2) is 9.03. The summed E-state index contributed by atoms with van der Waals surface area (Å²) in [4.78, 5) is 2.18. The molecular formula is C21H26N4O2S. The number of hydrogen-bond donors (Lipinski definition) is 0. The Bertz CT molecular complexity index is 962. The van der Waals surface area contributed by atoms with E-state index in [0.717, 1.165) is 40.7 Å². The number of benzene rings is 2. The molecule has 6 nitrogen and oxygen atoms in total. The first-order chi connectivity index (χ1) is 13.5. The maximum Gasteiger partial charge on any atom is 0.199 e. The van der Waals surface area contributed by atoms with Crippen molar-refractivity contribution in [2.45, 2.75) is 26.7 Å². The summed E-state index contributed by atoms with van der Waals surface area (Å²) < 4.78 is 15.1. The number of aromatic nitrogens is 3. The third kappa shape index (κ3) is 4.43. The summed E-state index contributed by atoms with van der Waals surface area (Å²) in [6.07, 6.45) is 0. The van der Waals surface area contributed by atoms with Gasteiger partial charge in [0.15, 0.2) is 10.6 Å². The molecule has 0 saturated carbocycles. The molecule has 1 heterocycles. The van der Waals surface area contributed by atoms with Gasteiger partial charge in [-0.2, -0.15) is 5.10 Å². The van der Waals surface area contributed by atoms with Crippen LogP contribution in [0.5, 0.6) is 11.5 Å². The molecule has 0 bridgehead atoms. The monoisotopic (exact) mass is 398 g/mol. The number of rotatable bonds is 8. The molecular weight excluding hydrogens is 372 g/mol. The summed E-state index contributed by atoms with van der Waals surface area (Å²) in [5.74, 6) is 2.55. The van der Waals surface area contributed by atoms with Crippen molar-refractivity contribution in [2.75, 3.05) is 21.3 Å². The summed E-state index contributed by atoms with van der Waals surface area (Å²) >= 11 is 5.67. The molecule has 28 heavy (non-hydrogen) atoms. The maximum absolute atomic E-state index is 5.67. The summed E-state index contributed by atoms with van der Waals surface area (Å²) in [7, 11) is 5.40. The third-order valence-electron chi connectivity index (χ3n) is 4.57. The van der Waals surface area contributed by atoms with Crippen LogP contribution >= 0.6 is 12.2 Å². The lowest BCUT2D eigenvalue weighted by Gasteiger charge is -2.16. The minimum absolute atomic E-state index is 0.612. The summed E-state index contributed by atoms with van der Waals surface area (Å²) in [6.45, 7) is 4.25. The van der Waals surface area contributed by atoms with Gasteiger partial charge in [-0.25, -0.2) is 4.68 Å². The van der Waals surface area contributed by atoms with Crippen molar-refractivity contribution in [3.63, 3.8) is 0 Å². The molecule has 0 unspecified atom stereocenters. The minimum Gasteiger partial charge on any atom is -0.497 e. The van der Waals surface area contributed by atoms with Crippen molar-refractivity contribution >= 4 is 12.2 Å². The quantitative estimate of drug-likeness (QED) is 0.532. The average Bonchev–Trinajstić information content (AvgIpc) is 3.03. The molecule has 0 aliphatic heterocycles. The topological polar surface area (TPSA) is 44.5 Å². The summed E-state index contributed by atoms with van der Waals surface area (Å²) in [6, 6.07) is 16.0. The second-order valence-corrected chi connectivity index (χ2v) is 6.95. The lowest BCUT2D eigenvalue weighted by Crippen LogP contribution is -2.22. The molecule has 0 saturated heterocycles. The Morgan fingerprint density at radius 3 is 2.07 bits per heavy atom. The van der Waals surface area contributed by atoms with Crippen LogP contribution in [0.1, 0.15) is 12.5 Å². The fourth-order valence-electron chi connectivity index (χ4n) is 3.09. The molecule has 2 aromatic carbocycles. The van der Waals surface area contributed by atoms with E-state index in [-0.39, 0.29) is 0 Å². The van der Waals surface area contributed by atoms with Crippen LogP contribution in [0.25, 0.3) is 11.4 Å². The van der Waals surface area contributed by atoms with Gasteiger partial charge < -0.3 is 14.0 Å². The highest BCUT2D eigenvalue weighted by Crippen LogP contribution is 2.22. The zero-order valence-electron chi connectivity index (χ0n) is 16.8. The van der Waals surface area contributed by atoms with Crippen LogP contribution in [0.4, 0.5) is 0 Å². The zero-order chi connectivity index (χ0) is 20.1. The van der Waals surface area contributed by atoms with E-state index in [1.165, 1.54) is 5.56 Å². The predicted octanol–water partition coefficient (Wildman–Crippen LogP) is 4.21. The van der Waals surface area contributed by atoms with Gasteiger partial charge in [0.25, 0.3) is 0 Å². The van der Waals surface area contributed by atoms with Crippen molar-refractivity contribution in [2.24, 2.45) is 0 Å². The van der Waals surface area contributed by atoms with Crippen LogP contribution in [0.2, 0.25) is 0 Å². The van der Waals surface area contributed by atoms with Gasteiger partial charge in [0, 0.05) is 18.7 Å². The number of nitrogens with zero attached hydrogens (tertiary/aromatic N) is 4. The molecule has 3 aromatic rings. The molecule has 0 atom stereocenters. The molecule has 3 rings (SSSR count). The van der Waals surface area contributed by atoms with E-state index < -0.39 is 0 Å². The summed E-state index contributed by atoms with van der Waals surface area (Å²) in [5.41, 5.74) is 2.23. The van der Waals surface area contributed by atoms with Crippen LogP contribution in [-0.4, -0.2) is 40.5 Å². The highest BCUT2D eigenvalue weighted by Gasteiger charge is 2.13. The first-order valence-corrected chi connectivity index (χ1v) is 9.60. The minimum atomic E-state index is 0.612. The van der Waals surface area contributed by atoms with Crippen molar-refractivity contribution in [1.29, 1.82) is 0 Å². The van der Waals surface area contributed by atoms with Gasteiger partial charge in [-0.3, -0.25) is 4.90 Å². The van der Waals surface area contributed by atoms with E-state index >= 15 is 0 Å². The largest absolute Gasteiger partial charge is 0.497 e. The van der Waals surface area contributed by atoms with E-state index in [2.05, 4.69) is 35.6 Å². The number of methoxy groups -OCH3 is 2. The highest BCUT2D eigenvalue weighted by molar-refractivity contribution is 7.71. The van der Waals surface area contributed by atoms with Crippen molar-refractivity contribution in [1.82, 2.24) is 19.2 Å². The molecule has 0 N–H and O–H groups in total. The normalized spacial score (nSPS) is 11.0. The van der Waals surface area contributed by atoms with Gasteiger partial charge in [-0.05, 0) is 68.2 Å². The van der Waals surface area contributed by atoms with Crippen LogP contribution in [0.3, 0.4) is 0 Å². The SMILES string of the molecule is CCn1c(-c2ccc(OC)cc2)nn(CN(C)Cc2ccc(OC)cc2)c1=S. The fourth-order valence-corrected chi connectivity index (χ4v) is 3.41. The summed E-state index contributed by atoms with van der Waals surface area (Å²) in [5, 5.41) is 4.79. The molecule has 0 amide bonds. The first kappa shape index (κ1) is 20.1. The third-order valence-corrected chi connectivity index (χ3v) is 5.01. The van der Waals surface area contributed by atoms with Gasteiger partial charge in [0.2, 0.25) is 0 Å². The van der Waals surface area contributed by atoms with Gasteiger partial charge in [-0.15, -0.1) is 0 Å². The second-order valence-electron chi connectivity index (χ2n) is 6.58. The van der Waals surface area contributed by atoms with E-state index in [1.807, 2.05) is 41.1 Å². The fraction of sp³-hybridized carbons (Fsp3) is 0.333. The Morgan fingerprint density at radius 1 is 0.964 bits per heavy atom. The van der Waals surface area contributed by atoms with E-state index in [1.54, 1.807) is 14.2 Å². The van der Waals surface area contributed by atoms with Gasteiger partial charge >= 0.3 is 0 Å². The van der Waals surface area contributed by atoms with Crippen LogP contribution < -0.4 is 9.47 Å². The van der Waals surface area contributed by atoms with Crippen molar-refractivity contribution in [3.05, 3.63) is 58.9 Å². The lowest BCUT2D eigenvalue weighted by molar-refractivity contribution is 0.244. The molecule has 0 aliphatic rings. The molecule has 148 valence electrons. The standard InChI is InChI=1S/C21H26N4O2S/c1-5-24-20(17-8-12-19(27-4)13-9-17)22-25(21(24)28)15-23(2)14-16-6-10-18(26-3)11-7-16/h6-13H,5,14-15H2,1-4H3. The van der Waals surface area contributed by atoms with E-state index in [9.17, 15) is 0 Å². The van der Waals surface area contributed by atoms with Crippen molar-refractivity contribution in [3.8, 4) is 22.9 Å². The lowest BCUT2D eigenvalue weighted by atomic mass is 10.2. The highest BCUT2D eigenvalue weighted by atomic mass is 32.1. The Balaban J connectivity index is 1.79. The Morgan fingerprint density at radius 2 is 1.54 bits per heavy atom. The van der Waals surface area contributed by atoms with Gasteiger partial charge in [0.1, 0.15) is 11.5 Å². The van der Waals surface area contributed by atoms with Crippen LogP contribution in [0, 0.1) is 4.77 Å². The molecule has 0 aliphatic carbocycles. The van der Waals surface area contributed by atoms with Gasteiger partial charge in [-0.1, -0.05) is 12.1 Å². The van der Waals surface area contributed by atoms with E-state index in [0.29, 0.717) is 6.67 Å². The smallest absolute Gasteiger partial charge is 0.199 e. The molecule has 7 heteroatoms. The molecule has 0 spiro atoms. The van der Waals surface area contributed by atoms with Crippen LogP contribution in [-0.2, 0) is 19.8 Å². The molecule has 0 fully saturated rings. The van der Waals surface area contributed by atoms with E-state index in [4.69, 9.17) is 26.8 Å². The Hall–Kier alpha value is -2.64. The Labute approximate surface area is 170 Å². The predicted molar refractivity (Wildman–Crippen MR) is 113 cm³/mol. The molecule has 1 aromatic heterocycles. The Kier molecular flexibility index (Phi) is 6.49. The molecule has 0 radical (unpaired) electrons. The van der Waals surface area contributed by atoms with Crippen molar-refractivity contribution < 1.29 is 9.47 Å². The van der Waals surface area contributed by atoms with Crippen LogP contribution in [0.15, 0.2) is 48.5 Å². The number of hydrogen-bond acceptors (Lipinski definition) is 5.